The number of hydrogen-bond acceptors (Lipinski definition) is 2. The highest BCUT2D eigenvalue weighted by atomic mass is 79.9. The number of ether oxygens (including phenoxy) is 1. The van der Waals surface area contributed by atoms with Gasteiger partial charge < -0.3 is 4.74 Å². The van der Waals surface area contributed by atoms with Crippen molar-refractivity contribution in [3.63, 3.8) is 0 Å². The maximum absolute atomic E-state index is 10.7. The van der Waals surface area contributed by atoms with Crippen LogP contribution < -0.4 is 0 Å². The summed E-state index contributed by atoms with van der Waals surface area (Å²) in [6, 6.07) is 0. The van der Waals surface area contributed by atoms with E-state index in [1.807, 2.05) is 0 Å². The van der Waals surface area contributed by atoms with Crippen molar-refractivity contribution in [2.45, 2.75) is 25.7 Å². The Kier molecular flexibility index (Phi) is 10.1. The minimum absolute atomic E-state index is 0.127. The molecule has 14 heavy (non-hydrogen) atoms. The van der Waals surface area contributed by atoms with E-state index in [2.05, 4.69) is 45.0 Å². The highest BCUT2D eigenvalue weighted by molar-refractivity contribution is 9.09. The summed E-state index contributed by atoms with van der Waals surface area (Å²) < 4.78 is 4.53. The van der Waals surface area contributed by atoms with Gasteiger partial charge in [-0.15, -0.1) is 0 Å². The maximum atomic E-state index is 10.7. The fourth-order valence-electron chi connectivity index (χ4n) is 0.918. The van der Waals surface area contributed by atoms with Gasteiger partial charge in [-0.05, 0) is 19.3 Å². The highest BCUT2D eigenvalue weighted by Crippen LogP contribution is 1.99. The first kappa shape index (κ1) is 13.4. The Morgan fingerprint density at radius 3 is 2.64 bits per heavy atom. The lowest BCUT2D eigenvalue weighted by Gasteiger charge is -1.95. The molecule has 0 saturated carbocycles. The number of unbranched alkanes of at least 4 members (excludes halogenated alkanes) is 1. The van der Waals surface area contributed by atoms with Gasteiger partial charge in [-0.2, -0.15) is 0 Å². The lowest BCUT2D eigenvalue weighted by Crippen LogP contribution is -1.98. The molecule has 0 radical (unpaired) electrons. The van der Waals surface area contributed by atoms with Gasteiger partial charge in [-0.25, -0.2) is 0 Å². The van der Waals surface area contributed by atoms with Gasteiger partial charge in [0.1, 0.15) is 0 Å². The summed E-state index contributed by atoms with van der Waals surface area (Å²) in [7, 11) is 1.42. The average molecular weight is 261 g/mol. The molecule has 0 aliphatic heterocycles. The second-order valence-corrected chi connectivity index (χ2v) is 3.45. The van der Waals surface area contributed by atoms with Crippen LogP contribution in [0.15, 0.2) is 24.3 Å². The van der Waals surface area contributed by atoms with E-state index < -0.39 is 0 Å². The van der Waals surface area contributed by atoms with Gasteiger partial charge in [0.25, 0.3) is 0 Å². The van der Waals surface area contributed by atoms with Crippen molar-refractivity contribution >= 4 is 21.9 Å². The van der Waals surface area contributed by atoms with E-state index in [1.165, 1.54) is 7.11 Å². The van der Waals surface area contributed by atoms with Crippen LogP contribution in [0, 0.1) is 0 Å². The third-order valence-electron chi connectivity index (χ3n) is 1.67. The molecule has 0 aromatic carbocycles. The van der Waals surface area contributed by atoms with Gasteiger partial charge in [-0.3, -0.25) is 4.79 Å². The van der Waals surface area contributed by atoms with Crippen molar-refractivity contribution in [3.8, 4) is 0 Å². The van der Waals surface area contributed by atoms with E-state index in [4.69, 9.17) is 0 Å². The van der Waals surface area contributed by atoms with Crippen LogP contribution in [0.2, 0.25) is 0 Å². The summed E-state index contributed by atoms with van der Waals surface area (Å²) in [5, 5.41) is 0.906. The first-order valence-corrected chi connectivity index (χ1v) is 5.86. The second kappa shape index (κ2) is 10.5. The molecular formula is C11H17BrO2. The molecule has 0 aliphatic carbocycles. The van der Waals surface area contributed by atoms with Gasteiger partial charge in [0.05, 0.1) is 7.11 Å². The first-order chi connectivity index (χ1) is 6.81. The first-order valence-electron chi connectivity index (χ1n) is 4.74. The fraction of sp³-hybridized carbons (Fsp3) is 0.545. The molecular weight excluding hydrogens is 244 g/mol. The van der Waals surface area contributed by atoms with Crippen molar-refractivity contribution in [2.75, 3.05) is 12.4 Å². The Hall–Kier alpha value is -0.570. The number of halogens is 1. The van der Waals surface area contributed by atoms with E-state index in [-0.39, 0.29) is 5.97 Å². The molecule has 2 nitrogen and oxygen atoms in total. The van der Waals surface area contributed by atoms with E-state index >= 15 is 0 Å². The molecule has 0 atom stereocenters. The van der Waals surface area contributed by atoms with E-state index in [0.717, 1.165) is 24.6 Å². The average Bonchev–Trinajstić information content (AvgIpc) is 2.21. The lowest BCUT2D eigenvalue weighted by molar-refractivity contribution is -0.140. The minimum Gasteiger partial charge on any atom is -0.469 e. The zero-order chi connectivity index (χ0) is 10.6. The summed E-state index contributed by atoms with van der Waals surface area (Å²) in [6.07, 6.45) is 11.7. The Bertz CT molecular complexity index is 197. The van der Waals surface area contributed by atoms with Gasteiger partial charge >= 0.3 is 5.97 Å². The van der Waals surface area contributed by atoms with Crippen molar-refractivity contribution < 1.29 is 9.53 Å². The Morgan fingerprint density at radius 1 is 1.29 bits per heavy atom. The van der Waals surface area contributed by atoms with Crippen LogP contribution >= 0.6 is 15.9 Å². The largest absolute Gasteiger partial charge is 0.469 e. The highest BCUT2D eigenvalue weighted by Gasteiger charge is 1.96. The molecule has 80 valence electrons. The number of alkyl halides is 1. The molecule has 3 heteroatoms. The summed E-state index contributed by atoms with van der Waals surface area (Å²) in [5.41, 5.74) is 0. The maximum Gasteiger partial charge on any atom is 0.305 e. The molecule has 0 fully saturated rings. The molecule has 0 N–H and O–H groups in total. The number of methoxy groups -OCH3 is 1. The number of esters is 1. The van der Waals surface area contributed by atoms with Gasteiger partial charge in [0.2, 0.25) is 0 Å². The SMILES string of the molecule is COC(=O)CCC/C=C\C/C=C\CBr. The standard InChI is InChI=1S/C11H17BrO2/c1-14-11(13)9-7-5-3-2-4-6-8-10-12/h2-3,6,8H,4-5,7,9-10H2,1H3/b3-2-,8-6-. The zero-order valence-electron chi connectivity index (χ0n) is 8.54. The fourth-order valence-corrected chi connectivity index (χ4v) is 1.18. The van der Waals surface area contributed by atoms with E-state index in [1.54, 1.807) is 0 Å². The third-order valence-corrected chi connectivity index (χ3v) is 2.05. The number of hydrogen-bond donors (Lipinski definition) is 0. The number of carbonyl (C=O) groups excluding carboxylic acids is 1. The second-order valence-electron chi connectivity index (χ2n) is 2.80. The summed E-state index contributed by atoms with van der Waals surface area (Å²) in [6.45, 7) is 0. The van der Waals surface area contributed by atoms with Crippen LogP contribution in [0.25, 0.3) is 0 Å². The Balaban J connectivity index is 3.27. The van der Waals surface area contributed by atoms with Gasteiger partial charge in [-0.1, -0.05) is 40.2 Å². The van der Waals surface area contributed by atoms with Crippen LogP contribution in [0.1, 0.15) is 25.7 Å². The van der Waals surface area contributed by atoms with Crippen molar-refractivity contribution in [3.05, 3.63) is 24.3 Å². The Morgan fingerprint density at radius 2 is 2.00 bits per heavy atom. The lowest BCUT2D eigenvalue weighted by atomic mass is 10.2. The van der Waals surface area contributed by atoms with E-state index in [9.17, 15) is 4.79 Å². The van der Waals surface area contributed by atoms with Gasteiger partial charge in [0.15, 0.2) is 0 Å². The van der Waals surface area contributed by atoms with Crippen LogP contribution in [0.3, 0.4) is 0 Å². The van der Waals surface area contributed by atoms with Crippen LogP contribution in [0.4, 0.5) is 0 Å². The molecule has 0 aromatic rings. The summed E-state index contributed by atoms with van der Waals surface area (Å²) in [5.74, 6) is -0.127. The van der Waals surface area contributed by atoms with Crippen LogP contribution in [-0.4, -0.2) is 18.4 Å². The zero-order valence-corrected chi connectivity index (χ0v) is 10.1. The Labute approximate surface area is 94.2 Å². The summed E-state index contributed by atoms with van der Waals surface area (Å²) >= 11 is 3.30. The summed E-state index contributed by atoms with van der Waals surface area (Å²) in [4.78, 5) is 10.7. The normalized spacial score (nSPS) is 11.3. The molecule has 0 amide bonds. The minimum atomic E-state index is -0.127. The van der Waals surface area contributed by atoms with Crippen molar-refractivity contribution in [2.24, 2.45) is 0 Å². The van der Waals surface area contributed by atoms with Crippen LogP contribution in [0.5, 0.6) is 0 Å². The predicted octanol–water partition coefficient (Wildman–Crippen LogP) is 3.23. The monoisotopic (exact) mass is 260 g/mol. The molecule has 0 aliphatic rings. The molecule has 0 saturated heterocycles. The smallest absolute Gasteiger partial charge is 0.305 e. The molecule has 0 rings (SSSR count). The van der Waals surface area contributed by atoms with Gasteiger partial charge in [0, 0.05) is 11.8 Å². The topological polar surface area (TPSA) is 26.3 Å². The number of carbonyl (C=O) groups is 1. The van der Waals surface area contributed by atoms with E-state index in [0.29, 0.717) is 6.42 Å². The number of rotatable bonds is 7. The van der Waals surface area contributed by atoms with Crippen molar-refractivity contribution in [1.29, 1.82) is 0 Å². The molecule has 0 aromatic heterocycles. The van der Waals surface area contributed by atoms with Crippen molar-refractivity contribution in [1.82, 2.24) is 0 Å². The predicted molar refractivity (Wildman–Crippen MR) is 62.6 cm³/mol. The quantitative estimate of drug-likeness (QED) is 0.304. The molecule has 0 unspecified atom stereocenters. The molecule has 0 heterocycles. The number of allylic oxidation sites excluding steroid dienone is 4. The molecule has 0 spiro atoms. The van der Waals surface area contributed by atoms with Crippen LogP contribution in [-0.2, 0) is 9.53 Å². The third kappa shape index (κ3) is 9.52. The molecule has 0 bridgehead atoms.